The summed E-state index contributed by atoms with van der Waals surface area (Å²) in [5, 5.41) is 7.56. The molecule has 2 heterocycles. The number of amides is 1. The van der Waals surface area contributed by atoms with E-state index in [4.69, 9.17) is 0 Å². The summed E-state index contributed by atoms with van der Waals surface area (Å²) in [5.74, 6) is -0.0285. The minimum Gasteiger partial charge on any atom is -0.348 e. The van der Waals surface area contributed by atoms with Crippen LogP contribution < -0.4 is 10.6 Å². The third-order valence-corrected chi connectivity index (χ3v) is 4.18. The highest BCUT2D eigenvalue weighted by Gasteiger charge is 2.23. The molecule has 1 aliphatic rings. The molecule has 3 rings (SSSR count). The maximum Gasteiger partial charge on any atom is 0.253 e. The largest absolute Gasteiger partial charge is 0.348 e. The van der Waals surface area contributed by atoms with E-state index in [0.29, 0.717) is 11.6 Å². The number of hydrogen-bond acceptors (Lipinski definition) is 3. The minimum absolute atomic E-state index is 0.0285. The monoisotopic (exact) mass is 283 g/mol. The average Bonchev–Trinajstić information content (AvgIpc) is 2.49. The smallest absolute Gasteiger partial charge is 0.253 e. The average molecular weight is 283 g/mol. The van der Waals surface area contributed by atoms with Gasteiger partial charge in [-0.05, 0) is 45.4 Å². The summed E-state index contributed by atoms with van der Waals surface area (Å²) in [6, 6.07) is 10.2. The van der Waals surface area contributed by atoms with E-state index >= 15 is 0 Å². The van der Waals surface area contributed by atoms with Crippen LogP contribution >= 0.6 is 0 Å². The Hall–Kier alpha value is -1.94. The van der Waals surface area contributed by atoms with Crippen LogP contribution in [0.5, 0.6) is 0 Å². The lowest BCUT2D eigenvalue weighted by Gasteiger charge is -2.30. The number of benzene rings is 1. The molecule has 2 aromatic rings. The quantitative estimate of drug-likeness (QED) is 0.890. The Morgan fingerprint density at radius 3 is 3.00 bits per heavy atom. The van der Waals surface area contributed by atoms with Crippen molar-refractivity contribution in [3.05, 3.63) is 41.6 Å². The van der Waals surface area contributed by atoms with Crippen LogP contribution in [0.4, 0.5) is 0 Å². The number of carbonyl (C=O) groups is 1. The zero-order valence-corrected chi connectivity index (χ0v) is 12.5. The minimum atomic E-state index is -0.0285. The van der Waals surface area contributed by atoms with Crippen LogP contribution in [-0.4, -0.2) is 29.5 Å². The van der Waals surface area contributed by atoms with Crippen molar-refractivity contribution < 1.29 is 4.79 Å². The van der Waals surface area contributed by atoms with Gasteiger partial charge in [-0.3, -0.25) is 9.78 Å². The Balaban J connectivity index is 1.89. The number of nitrogens with one attached hydrogen (secondary N) is 2. The Bertz CT molecular complexity index is 668. The summed E-state index contributed by atoms with van der Waals surface area (Å²) < 4.78 is 0. The van der Waals surface area contributed by atoms with Crippen LogP contribution in [-0.2, 0) is 0 Å². The van der Waals surface area contributed by atoms with Crippen LogP contribution in [0, 0.1) is 6.92 Å². The molecular formula is C17H21N3O. The second-order valence-electron chi connectivity index (χ2n) is 5.79. The number of aryl methyl sites for hydroxylation is 1. The van der Waals surface area contributed by atoms with Gasteiger partial charge < -0.3 is 10.6 Å². The molecular weight excluding hydrogens is 262 g/mol. The highest BCUT2D eigenvalue weighted by molar-refractivity contribution is 6.05. The maximum absolute atomic E-state index is 12.6. The summed E-state index contributed by atoms with van der Waals surface area (Å²) >= 11 is 0. The van der Waals surface area contributed by atoms with E-state index in [9.17, 15) is 4.79 Å². The molecule has 110 valence electrons. The Labute approximate surface area is 125 Å². The topological polar surface area (TPSA) is 54.0 Å². The third kappa shape index (κ3) is 2.90. The Kier molecular flexibility index (Phi) is 3.88. The molecule has 1 aromatic carbocycles. The van der Waals surface area contributed by atoms with Crippen molar-refractivity contribution in [3.63, 3.8) is 0 Å². The van der Waals surface area contributed by atoms with Crippen LogP contribution in [0.2, 0.25) is 0 Å². The van der Waals surface area contributed by atoms with Gasteiger partial charge in [0.1, 0.15) is 0 Å². The van der Waals surface area contributed by atoms with Gasteiger partial charge in [0, 0.05) is 23.2 Å². The number of fused-ring (bicyclic) bond motifs is 1. The zero-order valence-electron chi connectivity index (χ0n) is 12.5. The van der Waals surface area contributed by atoms with Gasteiger partial charge >= 0.3 is 0 Å². The molecule has 21 heavy (non-hydrogen) atoms. The fourth-order valence-corrected chi connectivity index (χ4v) is 2.92. The molecule has 2 N–H and O–H groups in total. The fourth-order valence-electron chi connectivity index (χ4n) is 2.92. The molecule has 0 saturated carbocycles. The summed E-state index contributed by atoms with van der Waals surface area (Å²) in [6.45, 7) is 5.10. The number of carbonyl (C=O) groups excluding carboxylic acids is 1. The maximum atomic E-state index is 12.6. The van der Waals surface area contributed by atoms with Gasteiger partial charge in [-0.2, -0.15) is 0 Å². The highest BCUT2D eigenvalue weighted by Crippen LogP contribution is 2.18. The molecule has 0 radical (unpaired) electrons. The van der Waals surface area contributed by atoms with E-state index in [0.717, 1.165) is 36.0 Å². The molecule has 0 bridgehead atoms. The van der Waals surface area contributed by atoms with Crippen molar-refractivity contribution in [3.8, 4) is 0 Å². The van der Waals surface area contributed by atoms with Gasteiger partial charge in [-0.1, -0.05) is 18.2 Å². The Morgan fingerprint density at radius 2 is 2.19 bits per heavy atom. The normalized spacial score (nSPS) is 22.2. The fraction of sp³-hybridized carbons (Fsp3) is 0.412. The molecule has 1 aromatic heterocycles. The van der Waals surface area contributed by atoms with E-state index < -0.39 is 0 Å². The van der Waals surface area contributed by atoms with E-state index in [1.54, 1.807) is 0 Å². The predicted octanol–water partition coefficient (Wildman–Crippen LogP) is 2.41. The molecule has 1 amide bonds. The predicted molar refractivity (Wildman–Crippen MR) is 84.4 cm³/mol. The van der Waals surface area contributed by atoms with Crippen LogP contribution in [0.15, 0.2) is 30.3 Å². The summed E-state index contributed by atoms with van der Waals surface area (Å²) in [6.07, 6.45) is 2.12. The number of rotatable bonds is 2. The number of aromatic nitrogens is 1. The van der Waals surface area contributed by atoms with Crippen molar-refractivity contribution in [2.75, 3.05) is 6.54 Å². The van der Waals surface area contributed by atoms with Crippen LogP contribution in [0.1, 0.15) is 35.8 Å². The number of hydrogen-bond donors (Lipinski definition) is 2. The molecule has 1 fully saturated rings. The SMILES string of the molecule is Cc1ccc2cccc(C(=O)NC3CCCNC3C)c2n1. The van der Waals surface area contributed by atoms with Crippen LogP contribution in [0.3, 0.4) is 0 Å². The number of para-hydroxylation sites is 1. The molecule has 2 unspecified atom stereocenters. The van der Waals surface area contributed by atoms with Gasteiger partial charge in [-0.25, -0.2) is 0 Å². The van der Waals surface area contributed by atoms with E-state index in [1.807, 2.05) is 37.3 Å². The summed E-state index contributed by atoms with van der Waals surface area (Å²) in [4.78, 5) is 17.1. The van der Waals surface area contributed by atoms with Crippen molar-refractivity contribution in [2.24, 2.45) is 0 Å². The lowest BCUT2D eigenvalue weighted by atomic mass is 9.99. The Morgan fingerprint density at radius 1 is 1.33 bits per heavy atom. The first-order chi connectivity index (χ1) is 10.1. The van der Waals surface area contributed by atoms with Crippen LogP contribution in [0.25, 0.3) is 10.9 Å². The second kappa shape index (κ2) is 5.82. The van der Waals surface area contributed by atoms with E-state index in [2.05, 4.69) is 22.5 Å². The standard InChI is InChI=1S/C17H21N3O/c1-11-8-9-13-5-3-6-14(16(13)19-11)17(21)20-15-7-4-10-18-12(15)2/h3,5-6,8-9,12,15,18H,4,7,10H2,1-2H3,(H,20,21). The first-order valence-corrected chi connectivity index (χ1v) is 7.56. The molecule has 4 heteroatoms. The van der Waals surface area contributed by atoms with Gasteiger partial charge in [0.2, 0.25) is 0 Å². The van der Waals surface area contributed by atoms with Gasteiger partial charge in [0.15, 0.2) is 0 Å². The zero-order chi connectivity index (χ0) is 14.8. The number of piperidine rings is 1. The van der Waals surface area contributed by atoms with Gasteiger partial charge in [-0.15, -0.1) is 0 Å². The van der Waals surface area contributed by atoms with Gasteiger partial charge in [0.25, 0.3) is 5.91 Å². The number of pyridine rings is 1. The third-order valence-electron chi connectivity index (χ3n) is 4.18. The van der Waals surface area contributed by atoms with Crippen molar-refractivity contribution in [1.29, 1.82) is 0 Å². The van der Waals surface area contributed by atoms with Crippen molar-refractivity contribution in [2.45, 2.75) is 38.8 Å². The lowest BCUT2D eigenvalue weighted by Crippen LogP contribution is -2.51. The number of nitrogens with zero attached hydrogens (tertiary/aromatic N) is 1. The highest BCUT2D eigenvalue weighted by atomic mass is 16.1. The molecule has 1 saturated heterocycles. The van der Waals surface area contributed by atoms with Crippen molar-refractivity contribution >= 4 is 16.8 Å². The molecule has 4 nitrogen and oxygen atoms in total. The first-order valence-electron chi connectivity index (χ1n) is 7.56. The first kappa shape index (κ1) is 14.0. The van der Waals surface area contributed by atoms with E-state index in [1.165, 1.54) is 0 Å². The summed E-state index contributed by atoms with van der Waals surface area (Å²) in [5.41, 5.74) is 2.37. The second-order valence-corrected chi connectivity index (χ2v) is 5.79. The van der Waals surface area contributed by atoms with Crippen molar-refractivity contribution in [1.82, 2.24) is 15.6 Å². The molecule has 0 aliphatic carbocycles. The molecule has 1 aliphatic heterocycles. The van der Waals surface area contributed by atoms with E-state index in [-0.39, 0.29) is 11.9 Å². The van der Waals surface area contributed by atoms with Gasteiger partial charge in [0.05, 0.1) is 11.1 Å². The molecule has 0 spiro atoms. The summed E-state index contributed by atoms with van der Waals surface area (Å²) in [7, 11) is 0. The lowest BCUT2D eigenvalue weighted by molar-refractivity contribution is 0.0921. The molecule has 2 atom stereocenters.